The van der Waals surface area contributed by atoms with Gasteiger partial charge in [-0.3, -0.25) is 0 Å². The standard InChI is InChI=1S/C13H21ClN4/c1-12(2)7-9(8-13(3,4)18-12)15-11-6-5-10(14)16-17-11/h5-6,9,18H,7-8H2,1-4H3,(H,15,17). The number of halogens is 1. The van der Waals surface area contributed by atoms with Gasteiger partial charge in [-0.2, -0.15) is 0 Å². The predicted molar refractivity (Wildman–Crippen MR) is 75.0 cm³/mol. The minimum absolute atomic E-state index is 0.124. The first-order valence-corrected chi connectivity index (χ1v) is 6.69. The number of rotatable bonds is 2. The number of nitrogens with one attached hydrogen (secondary N) is 2. The third-order valence-corrected chi connectivity index (χ3v) is 3.38. The van der Waals surface area contributed by atoms with Crippen LogP contribution in [0.15, 0.2) is 12.1 Å². The highest BCUT2D eigenvalue weighted by Crippen LogP contribution is 2.30. The van der Waals surface area contributed by atoms with Gasteiger partial charge in [0.25, 0.3) is 0 Å². The van der Waals surface area contributed by atoms with Crippen molar-refractivity contribution in [3.05, 3.63) is 17.3 Å². The molecule has 1 fully saturated rings. The van der Waals surface area contributed by atoms with Crippen molar-refractivity contribution in [3.8, 4) is 0 Å². The van der Waals surface area contributed by atoms with Crippen molar-refractivity contribution in [2.24, 2.45) is 0 Å². The molecule has 0 radical (unpaired) electrons. The first kappa shape index (κ1) is 13.6. The minimum atomic E-state index is 0.124. The quantitative estimate of drug-likeness (QED) is 0.866. The molecule has 2 rings (SSSR count). The maximum Gasteiger partial charge on any atom is 0.151 e. The van der Waals surface area contributed by atoms with Crippen LogP contribution in [0.3, 0.4) is 0 Å². The lowest BCUT2D eigenvalue weighted by Gasteiger charge is -2.46. The minimum Gasteiger partial charge on any atom is -0.366 e. The number of anilines is 1. The molecule has 5 heteroatoms. The lowest BCUT2D eigenvalue weighted by atomic mass is 9.79. The molecule has 0 spiro atoms. The van der Waals surface area contributed by atoms with E-state index in [0.717, 1.165) is 18.7 Å². The second kappa shape index (κ2) is 4.67. The van der Waals surface area contributed by atoms with Crippen LogP contribution in [0.4, 0.5) is 5.82 Å². The molecule has 4 nitrogen and oxygen atoms in total. The number of hydrogen-bond donors (Lipinski definition) is 2. The van der Waals surface area contributed by atoms with Crippen LogP contribution in [-0.2, 0) is 0 Å². The SMILES string of the molecule is CC1(C)CC(Nc2ccc(Cl)nn2)CC(C)(C)N1. The molecule has 0 bridgehead atoms. The topological polar surface area (TPSA) is 49.8 Å². The van der Waals surface area contributed by atoms with Gasteiger partial charge >= 0.3 is 0 Å². The average molecular weight is 269 g/mol. The largest absolute Gasteiger partial charge is 0.366 e. The summed E-state index contributed by atoms with van der Waals surface area (Å²) < 4.78 is 0. The van der Waals surface area contributed by atoms with Crippen LogP contribution in [0.2, 0.25) is 5.15 Å². The summed E-state index contributed by atoms with van der Waals surface area (Å²) in [7, 11) is 0. The summed E-state index contributed by atoms with van der Waals surface area (Å²) in [5.41, 5.74) is 0.249. The Morgan fingerprint density at radius 3 is 2.28 bits per heavy atom. The number of piperidine rings is 1. The Bertz CT molecular complexity index is 398. The van der Waals surface area contributed by atoms with Gasteiger partial charge in [-0.1, -0.05) is 11.6 Å². The van der Waals surface area contributed by atoms with Crippen LogP contribution in [0, 0.1) is 0 Å². The van der Waals surface area contributed by atoms with Crippen LogP contribution in [0.5, 0.6) is 0 Å². The molecule has 0 amide bonds. The van der Waals surface area contributed by atoms with Gasteiger partial charge in [-0.25, -0.2) is 0 Å². The zero-order valence-corrected chi connectivity index (χ0v) is 12.2. The molecule has 1 aromatic heterocycles. The molecule has 1 saturated heterocycles. The zero-order valence-electron chi connectivity index (χ0n) is 11.4. The van der Waals surface area contributed by atoms with E-state index in [1.807, 2.05) is 6.07 Å². The van der Waals surface area contributed by atoms with E-state index in [1.54, 1.807) is 6.07 Å². The number of nitrogens with zero attached hydrogens (tertiary/aromatic N) is 2. The van der Waals surface area contributed by atoms with Gasteiger partial charge in [0, 0.05) is 17.1 Å². The Labute approximate surface area is 114 Å². The predicted octanol–water partition coefficient (Wildman–Crippen LogP) is 2.85. The summed E-state index contributed by atoms with van der Waals surface area (Å²) in [6, 6.07) is 4.03. The van der Waals surface area contributed by atoms with Gasteiger partial charge in [0.1, 0.15) is 5.82 Å². The highest BCUT2D eigenvalue weighted by Gasteiger charge is 2.37. The molecular weight excluding hydrogens is 248 g/mol. The Kier molecular flexibility index (Phi) is 3.52. The third kappa shape index (κ3) is 3.56. The zero-order chi connectivity index (χ0) is 13.4. The van der Waals surface area contributed by atoms with E-state index in [4.69, 9.17) is 11.6 Å². The molecule has 18 heavy (non-hydrogen) atoms. The van der Waals surface area contributed by atoms with Crippen molar-refractivity contribution < 1.29 is 0 Å². The molecule has 1 aromatic rings. The molecule has 2 N–H and O–H groups in total. The lowest BCUT2D eigenvalue weighted by molar-refractivity contribution is 0.170. The van der Waals surface area contributed by atoms with Crippen molar-refractivity contribution in [3.63, 3.8) is 0 Å². The van der Waals surface area contributed by atoms with Gasteiger partial charge in [0.15, 0.2) is 5.15 Å². The molecular formula is C13H21ClN4. The molecule has 0 aromatic carbocycles. The molecule has 1 aliphatic heterocycles. The highest BCUT2D eigenvalue weighted by molar-refractivity contribution is 6.29. The van der Waals surface area contributed by atoms with Gasteiger partial charge in [-0.05, 0) is 52.7 Å². The fraction of sp³-hybridized carbons (Fsp3) is 0.692. The Balaban J connectivity index is 2.07. The van der Waals surface area contributed by atoms with E-state index in [1.165, 1.54) is 0 Å². The van der Waals surface area contributed by atoms with Crippen molar-refractivity contribution in [2.75, 3.05) is 5.32 Å². The fourth-order valence-corrected chi connectivity index (χ4v) is 3.13. The molecule has 0 unspecified atom stereocenters. The van der Waals surface area contributed by atoms with E-state index in [-0.39, 0.29) is 11.1 Å². The van der Waals surface area contributed by atoms with E-state index < -0.39 is 0 Å². The molecule has 2 heterocycles. The molecule has 100 valence electrons. The summed E-state index contributed by atoms with van der Waals surface area (Å²) >= 11 is 5.73. The maximum absolute atomic E-state index is 5.73. The van der Waals surface area contributed by atoms with Crippen molar-refractivity contribution in [2.45, 2.75) is 57.7 Å². The molecule has 0 atom stereocenters. The summed E-state index contributed by atoms with van der Waals surface area (Å²) in [4.78, 5) is 0. The number of hydrogen-bond acceptors (Lipinski definition) is 4. The first-order valence-electron chi connectivity index (χ1n) is 6.31. The van der Waals surface area contributed by atoms with E-state index in [0.29, 0.717) is 11.2 Å². The number of aromatic nitrogens is 2. The van der Waals surface area contributed by atoms with Crippen molar-refractivity contribution in [1.82, 2.24) is 15.5 Å². The normalized spacial score (nSPS) is 22.7. The van der Waals surface area contributed by atoms with Gasteiger partial charge in [-0.15, -0.1) is 10.2 Å². The summed E-state index contributed by atoms with van der Waals surface area (Å²) in [5.74, 6) is 0.790. The Hall–Kier alpha value is -0.870. The van der Waals surface area contributed by atoms with Crippen LogP contribution in [-0.4, -0.2) is 27.3 Å². The molecule has 0 aliphatic carbocycles. The van der Waals surface area contributed by atoms with Crippen LogP contribution in [0.1, 0.15) is 40.5 Å². The van der Waals surface area contributed by atoms with Crippen LogP contribution >= 0.6 is 11.6 Å². The first-order chi connectivity index (χ1) is 8.26. The average Bonchev–Trinajstić information content (AvgIpc) is 2.16. The van der Waals surface area contributed by atoms with E-state index in [9.17, 15) is 0 Å². The molecule has 1 aliphatic rings. The van der Waals surface area contributed by atoms with Crippen molar-refractivity contribution in [1.29, 1.82) is 0 Å². The van der Waals surface area contributed by atoms with Crippen LogP contribution in [0.25, 0.3) is 0 Å². The Morgan fingerprint density at radius 1 is 1.17 bits per heavy atom. The highest BCUT2D eigenvalue weighted by atomic mass is 35.5. The third-order valence-electron chi connectivity index (χ3n) is 3.17. The lowest BCUT2D eigenvalue weighted by Crippen LogP contribution is -2.60. The van der Waals surface area contributed by atoms with Crippen molar-refractivity contribution >= 4 is 17.4 Å². The molecule has 0 saturated carbocycles. The second-order valence-corrected chi connectivity index (χ2v) is 6.77. The Morgan fingerprint density at radius 2 is 1.78 bits per heavy atom. The van der Waals surface area contributed by atoms with E-state index in [2.05, 4.69) is 48.5 Å². The van der Waals surface area contributed by atoms with Crippen LogP contribution < -0.4 is 10.6 Å². The maximum atomic E-state index is 5.73. The fourth-order valence-electron chi connectivity index (χ4n) is 3.03. The van der Waals surface area contributed by atoms with Gasteiger partial charge in [0.05, 0.1) is 0 Å². The smallest absolute Gasteiger partial charge is 0.151 e. The second-order valence-electron chi connectivity index (χ2n) is 6.38. The van der Waals surface area contributed by atoms with Gasteiger partial charge in [0.2, 0.25) is 0 Å². The summed E-state index contributed by atoms with van der Waals surface area (Å²) in [6.07, 6.45) is 2.11. The van der Waals surface area contributed by atoms with Gasteiger partial charge < -0.3 is 10.6 Å². The summed E-state index contributed by atoms with van der Waals surface area (Å²) in [5, 5.41) is 15.4. The van der Waals surface area contributed by atoms with E-state index >= 15 is 0 Å². The monoisotopic (exact) mass is 268 g/mol. The summed E-state index contributed by atoms with van der Waals surface area (Å²) in [6.45, 7) is 8.93.